The van der Waals surface area contributed by atoms with Crippen LogP contribution in [0.5, 0.6) is 11.5 Å². The van der Waals surface area contributed by atoms with Crippen molar-refractivity contribution in [3.63, 3.8) is 0 Å². The number of ether oxygens (including phenoxy) is 2. The van der Waals surface area contributed by atoms with Crippen molar-refractivity contribution >= 4 is 5.91 Å². The number of carbonyl (C=O) groups is 1. The van der Waals surface area contributed by atoms with Gasteiger partial charge in [0.05, 0.1) is 20.8 Å². The van der Waals surface area contributed by atoms with E-state index in [1.807, 2.05) is 25.1 Å². The van der Waals surface area contributed by atoms with E-state index in [0.717, 1.165) is 16.0 Å². The number of carbonyl (C=O) groups excluding carboxylic acids is 1. The number of furan rings is 1. The fourth-order valence-corrected chi connectivity index (χ4v) is 2.85. The molecule has 29 heavy (non-hydrogen) atoms. The van der Waals surface area contributed by atoms with Crippen LogP contribution in [0.15, 0.2) is 51.7 Å². The van der Waals surface area contributed by atoms with Gasteiger partial charge in [-0.2, -0.15) is 5.10 Å². The van der Waals surface area contributed by atoms with Gasteiger partial charge in [-0.15, -0.1) is 0 Å². The van der Waals surface area contributed by atoms with Crippen LogP contribution in [0.4, 0.5) is 0 Å². The molecule has 152 valence electrons. The fraction of sp³-hybridized carbons (Fsp3) is 0.286. The number of amides is 1. The molecule has 1 unspecified atom stereocenters. The van der Waals surface area contributed by atoms with E-state index in [9.17, 15) is 9.59 Å². The minimum atomic E-state index is -0.818. The summed E-state index contributed by atoms with van der Waals surface area (Å²) in [6.45, 7) is 3.67. The predicted octanol–water partition coefficient (Wildman–Crippen LogP) is 2.71. The summed E-state index contributed by atoms with van der Waals surface area (Å²) >= 11 is 0. The normalized spacial score (nSPS) is 11.7. The quantitative estimate of drug-likeness (QED) is 0.659. The summed E-state index contributed by atoms with van der Waals surface area (Å²) in [6, 6.07) is 11.3. The zero-order valence-electron chi connectivity index (χ0n) is 16.8. The van der Waals surface area contributed by atoms with Gasteiger partial charge >= 0.3 is 0 Å². The van der Waals surface area contributed by atoms with E-state index in [0.29, 0.717) is 23.0 Å². The van der Waals surface area contributed by atoms with Gasteiger partial charge in [0.25, 0.3) is 5.56 Å². The zero-order valence-corrected chi connectivity index (χ0v) is 16.8. The Bertz CT molecular complexity index is 1050. The number of hydrogen-bond acceptors (Lipinski definition) is 6. The summed E-state index contributed by atoms with van der Waals surface area (Å²) in [7, 11) is 3.05. The molecule has 2 heterocycles. The molecule has 0 saturated carbocycles. The molecule has 8 nitrogen and oxygen atoms in total. The van der Waals surface area contributed by atoms with E-state index in [4.69, 9.17) is 13.9 Å². The average molecular weight is 397 g/mol. The van der Waals surface area contributed by atoms with Gasteiger partial charge in [0.1, 0.15) is 29.0 Å². The molecule has 0 spiro atoms. The second kappa shape index (κ2) is 8.64. The molecular weight excluding hydrogens is 374 g/mol. The highest BCUT2D eigenvalue weighted by molar-refractivity contribution is 5.79. The third-order valence-electron chi connectivity index (χ3n) is 4.48. The molecule has 2 aromatic heterocycles. The van der Waals surface area contributed by atoms with Crippen LogP contribution in [0.1, 0.15) is 24.5 Å². The van der Waals surface area contributed by atoms with Crippen molar-refractivity contribution < 1.29 is 18.7 Å². The third kappa shape index (κ3) is 4.48. The Balaban J connectivity index is 1.87. The van der Waals surface area contributed by atoms with Crippen molar-refractivity contribution in [2.24, 2.45) is 0 Å². The van der Waals surface area contributed by atoms with Crippen LogP contribution >= 0.6 is 0 Å². The minimum Gasteiger partial charge on any atom is -0.497 e. The summed E-state index contributed by atoms with van der Waals surface area (Å²) in [4.78, 5) is 25.1. The van der Waals surface area contributed by atoms with E-state index in [-0.39, 0.29) is 12.5 Å². The van der Waals surface area contributed by atoms with Crippen molar-refractivity contribution in [2.75, 3.05) is 14.2 Å². The summed E-state index contributed by atoms with van der Waals surface area (Å²) in [6.07, 6.45) is 0. The largest absolute Gasteiger partial charge is 0.497 e. The van der Waals surface area contributed by atoms with Crippen LogP contribution in [0.3, 0.4) is 0 Å². The first-order valence-corrected chi connectivity index (χ1v) is 9.08. The smallest absolute Gasteiger partial charge is 0.271 e. The fourth-order valence-electron chi connectivity index (χ4n) is 2.85. The summed E-state index contributed by atoms with van der Waals surface area (Å²) in [5.41, 5.74) is 0.752. The standard InChI is InChI=1S/C21H23N3O5/c1-13-5-8-17(29-13)12-22-21(26)14(2)24-19(25)11-18(28-4)20(23-24)15-6-9-16(27-3)10-7-15/h5-11,14H,12H2,1-4H3,(H,22,26). The minimum absolute atomic E-state index is 0.229. The predicted molar refractivity (Wildman–Crippen MR) is 107 cm³/mol. The lowest BCUT2D eigenvalue weighted by atomic mass is 10.1. The Morgan fingerprint density at radius 2 is 1.90 bits per heavy atom. The third-order valence-corrected chi connectivity index (χ3v) is 4.48. The molecule has 0 radical (unpaired) electrons. The Morgan fingerprint density at radius 1 is 1.17 bits per heavy atom. The molecular formula is C21H23N3O5. The monoisotopic (exact) mass is 397 g/mol. The van der Waals surface area contributed by atoms with Gasteiger partial charge in [-0.25, -0.2) is 4.68 Å². The Labute approximate surface area is 168 Å². The van der Waals surface area contributed by atoms with Crippen molar-refractivity contribution in [2.45, 2.75) is 26.4 Å². The molecule has 1 aromatic carbocycles. The van der Waals surface area contributed by atoms with Crippen molar-refractivity contribution in [3.05, 3.63) is 64.3 Å². The molecule has 1 N–H and O–H groups in total. The number of aryl methyl sites for hydroxylation is 1. The van der Waals surface area contributed by atoms with Crippen LogP contribution in [0.2, 0.25) is 0 Å². The number of hydrogen-bond donors (Lipinski definition) is 1. The molecule has 3 rings (SSSR count). The molecule has 0 aliphatic heterocycles. The van der Waals surface area contributed by atoms with Crippen molar-refractivity contribution in [3.8, 4) is 22.8 Å². The Kier molecular flexibility index (Phi) is 6.01. The van der Waals surface area contributed by atoms with Crippen LogP contribution < -0.4 is 20.3 Å². The maximum Gasteiger partial charge on any atom is 0.271 e. The van der Waals surface area contributed by atoms with Crippen molar-refractivity contribution in [1.82, 2.24) is 15.1 Å². The van der Waals surface area contributed by atoms with Gasteiger partial charge in [0.2, 0.25) is 5.91 Å². The topological polar surface area (TPSA) is 95.6 Å². The summed E-state index contributed by atoms with van der Waals surface area (Å²) in [5, 5.41) is 7.16. The van der Waals surface area contributed by atoms with Gasteiger partial charge in [0.15, 0.2) is 5.75 Å². The van der Waals surface area contributed by atoms with Gasteiger partial charge in [-0.1, -0.05) is 0 Å². The highest BCUT2D eigenvalue weighted by atomic mass is 16.5. The maximum atomic E-state index is 12.6. The number of methoxy groups -OCH3 is 2. The molecule has 1 amide bonds. The molecule has 3 aromatic rings. The molecule has 1 atom stereocenters. The lowest BCUT2D eigenvalue weighted by Gasteiger charge is -2.16. The van der Waals surface area contributed by atoms with Crippen LogP contribution in [0, 0.1) is 6.92 Å². The van der Waals surface area contributed by atoms with Crippen LogP contribution in [0.25, 0.3) is 11.3 Å². The van der Waals surface area contributed by atoms with Crippen molar-refractivity contribution in [1.29, 1.82) is 0 Å². The Morgan fingerprint density at radius 3 is 2.48 bits per heavy atom. The van der Waals surface area contributed by atoms with Crippen LogP contribution in [-0.4, -0.2) is 29.9 Å². The van der Waals surface area contributed by atoms with E-state index in [2.05, 4.69) is 10.4 Å². The second-order valence-electron chi connectivity index (χ2n) is 6.48. The zero-order chi connectivity index (χ0) is 21.0. The lowest BCUT2D eigenvalue weighted by Crippen LogP contribution is -2.36. The van der Waals surface area contributed by atoms with Gasteiger partial charge < -0.3 is 19.2 Å². The van der Waals surface area contributed by atoms with E-state index in [1.54, 1.807) is 32.2 Å². The molecule has 0 saturated heterocycles. The van der Waals surface area contributed by atoms with E-state index in [1.165, 1.54) is 13.2 Å². The maximum absolute atomic E-state index is 12.6. The molecule has 0 aliphatic carbocycles. The average Bonchev–Trinajstić information content (AvgIpc) is 3.16. The number of nitrogens with one attached hydrogen (secondary N) is 1. The molecule has 0 fully saturated rings. The first kappa shape index (κ1) is 20.2. The number of rotatable bonds is 7. The van der Waals surface area contributed by atoms with Gasteiger partial charge in [0, 0.05) is 11.6 Å². The lowest BCUT2D eigenvalue weighted by molar-refractivity contribution is -0.124. The number of benzene rings is 1. The van der Waals surface area contributed by atoms with Gasteiger partial charge in [-0.05, 0) is 50.2 Å². The Hall–Kier alpha value is -3.55. The molecule has 8 heteroatoms. The SMILES string of the molecule is COc1ccc(-c2nn(C(C)C(=O)NCc3ccc(C)o3)c(=O)cc2OC)cc1. The number of nitrogens with zero attached hydrogens (tertiary/aromatic N) is 2. The van der Waals surface area contributed by atoms with E-state index < -0.39 is 11.6 Å². The highest BCUT2D eigenvalue weighted by Gasteiger charge is 2.20. The second-order valence-corrected chi connectivity index (χ2v) is 6.48. The summed E-state index contributed by atoms with van der Waals surface area (Å²) in [5.74, 6) is 2.08. The summed E-state index contributed by atoms with van der Waals surface area (Å²) < 4.78 is 17.1. The first-order chi connectivity index (χ1) is 13.9. The molecule has 0 aliphatic rings. The molecule has 0 bridgehead atoms. The number of aromatic nitrogens is 2. The van der Waals surface area contributed by atoms with E-state index >= 15 is 0 Å². The van der Waals surface area contributed by atoms with Gasteiger partial charge in [-0.3, -0.25) is 9.59 Å². The highest BCUT2D eigenvalue weighted by Crippen LogP contribution is 2.28. The first-order valence-electron chi connectivity index (χ1n) is 9.08. The van der Waals surface area contributed by atoms with Crippen LogP contribution in [-0.2, 0) is 11.3 Å².